The number of nitrogens with one attached hydrogen (secondary N) is 1. The van der Waals surface area contributed by atoms with Crippen LogP contribution in [0.1, 0.15) is 32.6 Å². The molecule has 4 nitrogen and oxygen atoms in total. The zero-order valence-corrected chi connectivity index (χ0v) is 12.0. The zero-order chi connectivity index (χ0) is 13.2. The Morgan fingerprint density at radius 1 is 1.44 bits per heavy atom. The van der Waals surface area contributed by atoms with Crippen molar-refractivity contribution < 1.29 is 9.84 Å². The molecule has 4 heteroatoms. The van der Waals surface area contributed by atoms with Gasteiger partial charge in [0.15, 0.2) is 0 Å². The van der Waals surface area contributed by atoms with Gasteiger partial charge in [0.2, 0.25) is 0 Å². The van der Waals surface area contributed by atoms with Crippen LogP contribution in [0, 0.1) is 5.92 Å². The summed E-state index contributed by atoms with van der Waals surface area (Å²) in [5.41, 5.74) is -0.0453. The molecule has 0 aromatic heterocycles. The van der Waals surface area contributed by atoms with E-state index in [1.54, 1.807) is 0 Å². The minimum Gasteiger partial charge on any atom is -0.394 e. The maximum absolute atomic E-state index is 9.57. The Kier molecular flexibility index (Phi) is 4.64. The number of likely N-dealkylation sites (tertiary alicyclic amines) is 1. The van der Waals surface area contributed by atoms with E-state index in [-0.39, 0.29) is 12.1 Å². The third-order valence-electron chi connectivity index (χ3n) is 5.16. The van der Waals surface area contributed by atoms with Crippen LogP contribution in [0.25, 0.3) is 0 Å². The van der Waals surface area contributed by atoms with Crippen molar-refractivity contribution >= 4 is 0 Å². The van der Waals surface area contributed by atoms with Crippen molar-refractivity contribution in [2.45, 2.75) is 50.3 Å². The van der Waals surface area contributed by atoms with Crippen LogP contribution in [0.2, 0.25) is 0 Å². The first kappa shape index (κ1) is 14.3. The number of hydrogen-bond donors (Lipinski definition) is 2. The lowest BCUT2D eigenvalue weighted by Crippen LogP contribution is -2.50. The largest absolute Gasteiger partial charge is 0.394 e. The average molecular weight is 256 g/mol. The van der Waals surface area contributed by atoms with E-state index in [2.05, 4.69) is 17.1 Å². The van der Waals surface area contributed by atoms with Gasteiger partial charge in [-0.2, -0.15) is 0 Å². The number of hydrogen-bond acceptors (Lipinski definition) is 4. The molecule has 1 saturated carbocycles. The van der Waals surface area contributed by atoms with Crippen LogP contribution in [-0.2, 0) is 4.74 Å². The molecule has 1 heterocycles. The number of methoxy groups -OCH3 is 1. The van der Waals surface area contributed by atoms with Crippen LogP contribution < -0.4 is 5.32 Å². The second-order valence-electron chi connectivity index (χ2n) is 6.12. The topological polar surface area (TPSA) is 44.7 Å². The molecule has 0 radical (unpaired) electrons. The molecule has 1 aliphatic carbocycles. The molecule has 4 atom stereocenters. The van der Waals surface area contributed by atoms with Gasteiger partial charge in [-0.15, -0.1) is 0 Å². The van der Waals surface area contributed by atoms with Crippen molar-refractivity contribution in [3.8, 4) is 0 Å². The van der Waals surface area contributed by atoms with Crippen LogP contribution >= 0.6 is 0 Å². The van der Waals surface area contributed by atoms with E-state index < -0.39 is 0 Å². The third kappa shape index (κ3) is 2.72. The fourth-order valence-corrected chi connectivity index (χ4v) is 3.56. The first-order valence-corrected chi connectivity index (χ1v) is 7.21. The van der Waals surface area contributed by atoms with E-state index in [0.29, 0.717) is 18.1 Å². The SMILES string of the molecule is CNC1(CO)CCC(N2CCC(C)C(OC)C2)C1. The average Bonchev–Trinajstić information content (AvgIpc) is 2.84. The highest BCUT2D eigenvalue weighted by Crippen LogP contribution is 2.34. The van der Waals surface area contributed by atoms with Gasteiger partial charge in [0.05, 0.1) is 12.7 Å². The second kappa shape index (κ2) is 5.87. The lowest BCUT2D eigenvalue weighted by atomic mass is 9.93. The van der Waals surface area contributed by atoms with Crippen molar-refractivity contribution in [2.75, 3.05) is 33.9 Å². The number of aliphatic hydroxyl groups excluding tert-OH is 1. The van der Waals surface area contributed by atoms with Gasteiger partial charge in [-0.25, -0.2) is 0 Å². The maximum atomic E-state index is 9.57. The molecular weight excluding hydrogens is 228 g/mol. The van der Waals surface area contributed by atoms with Gasteiger partial charge < -0.3 is 15.2 Å². The molecule has 0 aromatic rings. The molecule has 4 unspecified atom stereocenters. The molecule has 18 heavy (non-hydrogen) atoms. The molecule has 0 spiro atoms. The van der Waals surface area contributed by atoms with Crippen LogP contribution in [0.15, 0.2) is 0 Å². The Hall–Kier alpha value is -0.160. The molecule has 0 aromatic carbocycles. The quantitative estimate of drug-likeness (QED) is 0.782. The summed E-state index contributed by atoms with van der Waals surface area (Å²) in [6.07, 6.45) is 4.92. The molecular formula is C14H28N2O2. The Labute approximate surface area is 111 Å². The highest BCUT2D eigenvalue weighted by atomic mass is 16.5. The van der Waals surface area contributed by atoms with Crippen molar-refractivity contribution in [1.29, 1.82) is 0 Å². The fourth-order valence-electron chi connectivity index (χ4n) is 3.56. The summed E-state index contributed by atoms with van der Waals surface area (Å²) in [6, 6.07) is 0.606. The van der Waals surface area contributed by atoms with E-state index in [4.69, 9.17) is 4.74 Å². The van der Waals surface area contributed by atoms with Crippen molar-refractivity contribution in [2.24, 2.45) is 5.92 Å². The minimum atomic E-state index is -0.0453. The summed E-state index contributed by atoms with van der Waals surface area (Å²) < 4.78 is 5.59. The number of rotatable bonds is 4. The molecule has 2 rings (SSSR count). The minimum absolute atomic E-state index is 0.0453. The Bertz CT molecular complexity index is 269. The summed E-state index contributed by atoms with van der Waals surface area (Å²) in [5.74, 6) is 0.666. The lowest BCUT2D eigenvalue weighted by Gasteiger charge is -2.40. The summed E-state index contributed by atoms with van der Waals surface area (Å²) in [4.78, 5) is 2.57. The second-order valence-corrected chi connectivity index (χ2v) is 6.12. The van der Waals surface area contributed by atoms with Crippen LogP contribution in [0.3, 0.4) is 0 Å². The van der Waals surface area contributed by atoms with E-state index in [1.807, 2.05) is 14.2 Å². The summed E-state index contributed by atoms with van der Waals surface area (Å²) >= 11 is 0. The molecule has 2 N–H and O–H groups in total. The van der Waals surface area contributed by atoms with Gasteiger partial charge in [0.25, 0.3) is 0 Å². The third-order valence-corrected chi connectivity index (χ3v) is 5.16. The number of nitrogens with zero attached hydrogens (tertiary/aromatic N) is 1. The lowest BCUT2D eigenvalue weighted by molar-refractivity contribution is -0.0195. The van der Waals surface area contributed by atoms with E-state index >= 15 is 0 Å². The standard InChI is InChI=1S/C14H28N2O2/c1-11-5-7-16(9-13(11)18-3)12-4-6-14(8-12,10-17)15-2/h11-13,15,17H,4-10H2,1-3H3. The van der Waals surface area contributed by atoms with Gasteiger partial charge >= 0.3 is 0 Å². The van der Waals surface area contributed by atoms with Crippen LogP contribution in [0.4, 0.5) is 0 Å². The maximum Gasteiger partial charge on any atom is 0.0724 e. The number of likely N-dealkylation sites (N-methyl/N-ethyl adjacent to an activating group) is 1. The van der Waals surface area contributed by atoms with Gasteiger partial charge in [-0.3, -0.25) is 4.90 Å². The molecule has 106 valence electrons. The van der Waals surface area contributed by atoms with Crippen molar-refractivity contribution in [3.63, 3.8) is 0 Å². The summed E-state index contributed by atoms with van der Waals surface area (Å²) in [5, 5.41) is 12.9. The molecule has 2 aliphatic rings. The van der Waals surface area contributed by atoms with E-state index in [0.717, 1.165) is 19.4 Å². The first-order valence-electron chi connectivity index (χ1n) is 7.21. The van der Waals surface area contributed by atoms with Gasteiger partial charge in [-0.05, 0) is 45.2 Å². The molecule has 0 amide bonds. The van der Waals surface area contributed by atoms with Gasteiger partial charge in [-0.1, -0.05) is 6.92 Å². The van der Waals surface area contributed by atoms with Crippen LogP contribution in [0.5, 0.6) is 0 Å². The van der Waals surface area contributed by atoms with E-state index in [9.17, 15) is 5.11 Å². The molecule has 1 aliphatic heterocycles. The Morgan fingerprint density at radius 2 is 2.22 bits per heavy atom. The first-order chi connectivity index (χ1) is 8.64. The highest BCUT2D eigenvalue weighted by molar-refractivity contribution is 4.99. The molecule has 0 bridgehead atoms. The number of piperidine rings is 1. The smallest absolute Gasteiger partial charge is 0.0724 e. The van der Waals surface area contributed by atoms with Crippen molar-refractivity contribution in [1.82, 2.24) is 10.2 Å². The fraction of sp³-hybridized carbons (Fsp3) is 1.00. The Morgan fingerprint density at radius 3 is 2.78 bits per heavy atom. The highest BCUT2D eigenvalue weighted by Gasteiger charge is 2.41. The van der Waals surface area contributed by atoms with E-state index in [1.165, 1.54) is 19.4 Å². The Balaban J connectivity index is 1.93. The zero-order valence-electron chi connectivity index (χ0n) is 12.0. The number of aliphatic hydroxyl groups is 1. The van der Waals surface area contributed by atoms with Crippen molar-refractivity contribution in [3.05, 3.63) is 0 Å². The predicted molar refractivity (Wildman–Crippen MR) is 72.7 cm³/mol. The normalized spacial score (nSPS) is 42.3. The predicted octanol–water partition coefficient (Wildman–Crippen LogP) is 0.846. The number of ether oxygens (including phenoxy) is 1. The van der Waals surface area contributed by atoms with Gasteiger partial charge in [0, 0.05) is 25.2 Å². The molecule has 2 fully saturated rings. The van der Waals surface area contributed by atoms with Gasteiger partial charge in [0.1, 0.15) is 0 Å². The van der Waals surface area contributed by atoms with Crippen LogP contribution in [-0.4, -0.2) is 61.5 Å². The monoisotopic (exact) mass is 256 g/mol. The summed E-state index contributed by atoms with van der Waals surface area (Å²) in [6.45, 7) is 4.76. The molecule has 1 saturated heterocycles. The summed E-state index contributed by atoms with van der Waals surface area (Å²) in [7, 11) is 3.79.